The summed E-state index contributed by atoms with van der Waals surface area (Å²) >= 11 is 0. The van der Waals surface area contributed by atoms with E-state index < -0.39 is 0 Å². The molecule has 0 spiro atoms. The number of amides is 2. The molecule has 17 heavy (non-hydrogen) atoms. The van der Waals surface area contributed by atoms with Crippen molar-refractivity contribution in [2.24, 2.45) is 5.10 Å². The Balaban J connectivity index is 1.75. The highest BCUT2D eigenvalue weighted by Gasteiger charge is 2.20. The molecule has 1 saturated heterocycles. The lowest BCUT2D eigenvalue weighted by Crippen LogP contribution is -2.47. The summed E-state index contributed by atoms with van der Waals surface area (Å²) in [7, 11) is 0. The number of hydrogen-bond donors (Lipinski definition) is 3. The number of morpholine rings is 1. The number of carbonyl (C=O) groups is 2. The topological polar surface area (TPSA) is 91.8 Å². The van der Waals surface area contributed by atoms with Gasteiger partial charge in [-0.1, -0.05) is 0 Å². The highest BCUT2D eigenvalue weighted by Crippen LogP contribution is 2.00. The van der Waals surface area contributed by atoms with Crippen LogP contribution in [-0.2, 0) is 14.3 Å². The second-order valence-corrected chi connectivity index (χ2v) is 4.00. The molecule has 7 nitrogen and oxygen atoms in total. The van der Waals surface area contributed by atoms with Gasteiger partial charge in [0.25, 0.3) is 5.91 Å². The van der Waals surface area contributed by atoms with Crippen molar-refractivity contribution in [3.63, 3.8) is 0 Å². The summed E-state index contributed by atoms with van der Waals surface area (Å²) in [5.41, 5.74) is 2.66. The van der Waals surface area contributed by atoms with Crippen LogP contribution < -0.4 is 16.1 Å². The lowest BCUT2D eigenvalue weighted by atomic mass is 10.1. The summed E-state index contributed by atoms with van der Waals surface area (Å²) in [6, 6.07) is 0. The van der Waals surface area contributed by atoms with Crippen molar-refractivity contribution in [1.82, 2.24) is 16.1 Å². The molecule has 0 saturated carbocycles. The number of hydrogen-bond acceptors (Lipinski definition) is 5. The van der Waals surface area contributed by atoms with Crippen molar-refractivity contribution >= 4 is 17.5 Å². The van der Waals surface area contributed by atoms with Crippen LogP contribution in [0.15, 0.2) is 5.10 Å². The number of nitrogens with zero attached hydrogens (tertiary/aromatic N) is 1. The molecule has 7 heteroatoms. The van der Waals surface area contributed by atoms with Gasteiger partial charge in [0.15, 0.2) is 0 Å². The van der Waals surface area contributed by atoms with Crippen LogP contribution in [0.5, 0.6) is 0 Å². The van der Waals surface area contributed by atoms with E-state index in [0.717, 1.165) is 13.1 Å². The Morgan fingerprint density at radius 2 is 2.41 bits per heavy atom. The molecule has 2 aliphatic rings. The molecule has 2 amide bonds. The lowest BCUT2D eigenvalue weighted by Gasteiger charge is -2.24. The molecular formula is C10H16N4O3. The molecule has 1 atom stereocenters. The summed E-state index contributed by atoms with van der Waals surface area (Å²) in [6.45, 7) is 2.71. The first-order valence-electron chi connectivity index (χ1n) is 5.71. The molecule has 0 aromatic heterocycles. The minimum Gasteiger partial charge on any atom is -0.374 e. The molecule has 2 rings (SSSR count). The standard InChI is InChI=1S/C10H16N4O3/c15-9-2-1-8(13-14-9)10(16)12-6-7-5-11-3-4-17-7/h7,11H,1-6H2,(H,12,16)(H,14,15). The first-order valence-corrected chi connectivity index (χ1v) is 5.71. The van der Waals surface area contributed by atoms with E-state index in [0.29, 0.717) is 31.7 Å². The molecule has 1 unspecified atom stereocenters. The zero-order valence-corrected chi connectivity index (χ0v) is 9.49. The minimum atomic E-state index is -0.237. The molecule has 3 N–H and O–H groups in total. The summed E-state index contributed by atoms with van der Waals surface area (Å²) < 4.78 is 5.45. The monoisotopic (exact) mass is 240 g/mol. The number of hydrazone groups is 1. The van der Waals surface area contributed by atoms with E-state index in [4.69, 9.17) is 4.74 Å². The summed E-state index contributed by atoms with van der Waals surface area (Å²) in [6.07, 6.45) is 0.710. The van der Waals surface area contributed by atoms with Crippen LogP contribution in [0.2, 0.25) is 0 Å². The minimum absolute atomic E-state index is 0.00600. The Hall–Kier alpha value is -1.47. The van der Waals surface area contributed by atoms with Gasteiger partial charge in [-0.05, 0) is 0 Å². The molecule has 0 aromatic carbocycles. The Bertz CT molecular complexity index is 336. The van der Waals surface area contributed by atoms with Crippen molar-refractivity contribution < 1.29 is 14.3 Å². The number of carbonyl (C=O) groups excluding carboxylic acids is 2. The van der Waals surface area contributed by atoms with E-state index in [9.17, 15) is 9.59 Å². The van der Waals surface area contributed by atoms with Crippen LogP contribution in [-0.4, -0.2) is 49.9 Å². The normalized spacial score (nSPS) is 24.8. The third-order valence-electron chi connectivity index (χ3n) is 2.66. The van der Waals surface area contributed by atoms with Gasteiger partial charge in [0.05, 0.1) is 12.7 Å². The van der Waals surface area contributed by atoms with Crippen LogP contribution in [0.25, 0.3) is 0 Å². The fourth-order valence-corrected chi connectivity index (χ4v) is 1.70. The largest absolute Gasteiger partial charge is 0.374 e. The van der Waals surface area contributed by atoms with Gasteiger partial charge in [0, 0.05) is 32.5 Å². The van der Waals surface area contributed by atoms with Crippen molar-refractivity contribution in [2.75, 3.05) is 26.2 Å². The summed E-state index contributed by atoms with van der Waals surface area (Å²) in [5, 5.41) is 9.65. The Labute approximate surface area is 99.0 Å². The van der Waals surface area contributed by atoms with E-state index in [1.54, 1.807) is 0 Å². The maximum Gasteiger partial charge on any atom is 0.267 e. The Kier molecular flexibility index (Phi) is 4.05. The average Bonchev–Trinajstić information content (AvgIpc) is 2.38. The van der Waals surface area contributed by atoms with E-state index in [2.05, 4.69) is 21.2 Å². The number of ether oxygens (including phenoxy) is 1. The lowest BCUT2D eigenvalue weighted by molar-refractivity contribution is -0.121. The van der Waals surface area contributed by atoms with Gasteiger partial charge >= 0.3 is 0 Å². The Morgan fingerprint density at radius 1 is 1.53 bits per heavy atom. The maximum atomic E-state index is 11.7. The average molecular weight is 240 g/mol. The van der Waals surface area contributed by atoms with Gasteiger partial charge in [-0.15, -0.1) is 0 Å². The van der Waals surface area contributed by atoms with Crippen LogP contribution in [0.1, 0.15) is 12.8 Å². The predicted octanol–water partition coefficient (Wildman–Crippen LogP) is -1.64. The van der Waals surface area contributed by atoms with Crippen LogP contribution in [0.3, 0.4) is 0 Å². The van der Waals surface area contributed by atoms with Crippen molar-refractivity contribution in [3.8, 4) is 0 Å². The van der Waals surface area contributed by atoms with Crippen LogP contribution >= 0.6 is 0 Å². The molecule has 0 aromatic rings. The first kappa shape index (κ1) is 12.0. The molecule has 2 aliphatic heterocycles. The van der Waals surface area contributed by atoms with E-state index in [1.807, 2.05) is 0 Å². The molecule has 94 valence electrons. The quantitative estimate of drug-likeness (QED) is 0.551. The second kappa shape index (κ2) is 5.74. The molecule has 1 fully saturated rings. The summed E-state index contributed by atoms with van der Waals surface area (Å²) in [5.74, 6) is -0.388. The highest BCUT2D eigenvalue weighted by atomic mass is 16.5. The first-order chi connectivity index (χ1) is 8.25. The van der Waals surface area contributed by atoms with Gasteiger partial charge in [-0.25, -0.2) is 5.43 Å². The van der Waals surface area contributed by atoms with E-state index in [-0.39, 0.29) is 17.9 Å². The molecule has 0 aliphatic carbocycles. The van der Waals surface area contributed by atoms with Gasteiger partial charge in [0.2, 0.25) is 5.91 Å². The van der Waals surface area contributed by atoms with Crippen molar-refractivity contribution in [1.29, 1.82) is 0 Å². The fraction of sp³-hybridized carbons (Fsp3) is 0.700. The van der Waals surface area contributed by atoms with Crippen LogP contribution in [0.4, 0.5) is 0 Å². The molecule has 2 heterocycles. The van der Waals surface area contributed by atoms with Gasteiger partial charge < -0.3 is 15.4 Å². The molecule has 0 bridgehead atoms. The Morgan fingerprint density at radius 3 is 3.06 bits per heavy atom. The van der Waals surface area contributed by atoms with E-state index >= 15 is 0 Å². The highest BCUT2D eigenvalue weighted by molar-refractivity contribution is 6.39. The van der Waals surface area contributed by atoms with Gasteiger partial charge in [-0.3, -0.25) is 9.59 Å². The predicted molar refractivity (Wildman–Crippen MR) is 60.4 cm³/mol. The van der Waals surface area contributed by atoms with Crippen molar-refractivity contribution in [2.45, 2.75) is 18.9 Å². The number of nitrogens with one attached hydrogen (secondary N) is 3. The SMILES string of the molecule is O=C1CCC(C(=O)NCC2CNCCO2)=NN1. The third-order valence-corrected chi connectivity index (χ3v) is 2.66. The third kappa shape index (κ3) is 3.50. The second-order valence-electron chi connectivity index (χ2n) is 4.00. The van der Waals surface area contributed by atoms with Crippen LogP contribution in [0, 0.1) is 0 Å². The summed E-state index contributed by atoms with van der Waals surface area (Å²) in [4.78, 5) is 22.5. The number of rotatable bonds is 3. The van der Waals surface area contributed by atoms with Crippen molar-refractivity contribution in [3.05, 3.63) is 0 Å². The van der Waals surface area contributed by atoms with Gasteiger partial charge in [-0.2, -0.15) is 5.10 Å². The fourth-order valence-electron chi connectivity index (χ4n) is 1.70. The smallest absolute Gasteiger partial charge is 0.267 e. The van der Waals surface area contributed by atoms with E-state index in [1.165, 1.54) is 0 Å². The zero-order valence-electron chi connectivity index (χ0n) is 9.49. The molecular weight excluding hydrogens is 224 g/mol. The maximum absolute atomic E-state index is 11.7. The molecule has 0 radical (unpaired) electrons. The zero-order chi connectivity index (χ0) is 12.1. The van der Waals surface area contributed by atoms with Gasteiger partial charge in [0.1, 0.15) is 5.71 Å².